The summed E-state index contributed by atoms with van der Waals surface area (Å²) < 4.78 is 26.4. The normalized spacial score (nSPS) is 20.3. The first-order valence-corrected chi connectivity index (χ1v) is 7.19. The molecule has 1 fully saturated rings. The van der Waals surface area contributed by atoms with E-state index in [0.29, 0.717) is 6.54 Å². The zero-order chi connectivity index (χ0) is 12.4. The van der Waals surface area contributed by atoms with Gasteiger partial charge < -0.3 is 5.32 Å². The van der Waals surface area contributed by atoms with Crippen molar-refractivity contribution in [3.63, 3.8) is 0 Å². The number of nitrogens with zero attached hydrogens (tertiary/aromatic N) is 1. The molecule has 0 saturated carbocycles. The maximum Gasteiger partial charge on any atom is 0.243 e. The van der Waals surface area contributed by atoms with Gasteiger partial charge in [-0.3, -0.25) is 5.10 Å². The zero-order valence-corrected chi connectivity index (χ0v) is 10.7. The van der Waals surface area contributed by atoms with Crippen LogP contribution in [-0.2, 0) is 10.0 Å². The van der Waals surface area contributed by atoms with Crippen LogP contribution in [0.1, 0.15) is 19.8 Å². The van der Waals surface area contributed by atoms with Gasteiger partial charge in [-0.2, -0.15) is 5.10 Å². The van der Waals surface area contributed by atoms with Crippen LogP contribution in [0.5, 0.6) is 0 Å². The minimum Gasteiger partial charge on any atom is -0.317 e. The molecule has 2 rings (SSSR count). The fourth-order valence-electron chi connectivity index (χ4n) is 1.95. The molecule has 17 heavy (non-hydrogen) atoms. The Balaban J connectivity index is 1.98. The molecule has 1 saturated heterocycles. The fourth-order valence-corrected chi connectivity index (χ4v) is 3.05. The van der Waals surface area contributed by atoms with Gasteiger partial charge in [-0.15, -0.1) is 0 Å². The minimum absolute atomic E-state index is 0.0437. The first-order chi connectivity index (χ1) is 8.02. The lowest BCUT2D eigenvalue weighted by Gasteiger charge is -2.33. The van der Waals surface area contributed by atoms with E-state index in [4.69, 9.17) is 0 Å². The molecule has 1 aliphatic heterocycles. The van der Waals surface area contributed by atoms with Gasteiger partial charge in [-0.1, -0.05) is 6.92 Å². The Bertz CT molecular complexity index is 449. The van der Waals surface area contributed by atoms with Crippen molar-refractivity contribution in [3.8, 4) is 0 Å². The summed E-state index contributed by atoms with van der Waals surface area (Å²) in [6.07, 6.45) is 4.67. The number of hydrogen-bond acceptors (Lipinski definition) is 4. The van der Waals surface area contributed by atoms with Crippen LogP contribution in [0, 0.1) is 5.41 Å². The van der Waals surface area contributed by atoms with Crippen LogP contribution in [0.2, 0.25) is 0 Å². The van der Waals surface area contributed by atoms with Crippen LogP contribution in [0.4, 0.5) is 0 Å². The molecule has 0 radical (unpaired) electrons. The van der Waals surface area contributed by atoms with Gasteiger partial charge in [0.25, 0.3) is 0 Å². The third kappa shape index (κ3) is 3.05. The second-order valence-corrected chi connectivity index (χ2v) is 6.59. The number of nitrogens with one attached hydrogen (secondary N) is 3. The highest BCUT2D eigenvalue weighted by Crippen LogP contribution is 2.27. The Morgan fingerprint density at radius 3 is 2.76 bits per heavy atom. The van der Waals surface area contributed by atoms with Crippen LogP contribution in [0.3, 0.4) is 0 Å². The van der Waals surface area contributed by atoms with Crippen molar-refractivity contribution in [1.29, 1.82) is 0 Å². The lowest BCUT2D eigenvalue weighted by molar-refractivity contribution is 0.232. The smallest absolute Gasteiger partial charge is 0.243 e. The van der Waals surface area contributed by atoms with Gasteiger partial charge in [-0.05, 0) is 31.3 Å². The molecular formula is C10H18N4O2S. The van der Waals surface area contributed by atoms with Crippen LogP contribution in [0.15, 0.2) is 17.3 Å². The van der Waals surface area contributed by atoms with Crippen LogP contribution >= 0.6 is 0 Å². The quantitative estimate of drug-likeness (QED) is 0.713. The van der Waals surface area contributed by atoms with Gasteiger partial charge in [0, 0.05) is 12.7 Å². The second kappa shape index (κ2) is 4.75. The molecule has 0 aliphatic carbocycles. The van der Waals surface area contributed by atoms with E-state index in [2.05, 4.69) is 27.2 Å². The summed E-state index contributed by atoms with van der Waals surface area (Å²) in [7, 11) is -3.42. The van der Waals surface area contributed by atoms with E-state index >= 15 is 0 Å². The molecule has 0 aromatic carbocycles. The van der Waals surface area contributed by atoms with Crippen molar-refractivity contribution in [2.45, 2.75) is 24.7 Å². The number of rotatable bonds is 4. The summed E-state index contributed by atoms with van der Waals surface area (Å²) in [6.45, 7) is 4.49. The van der Waals surface area contributed by atoms with Crippen molar-refractivity contribution >= 4 is 10.0 Å². The van der Waals surface area contributed by atoms with E-state index in [-0.39, 0.29) is 10.3 Å². The maximum atomic E-state index is 11.9. The summed E-state index contributed by atoms with van der Waals surface area (Å²) in [5.41, 5.74) is 0.0437. The molecule has 0 bridgehead atoms. The number of hydrogen-bond donors (Lipinski definition) is 3. The average molecular weight is 258 g/mol. The minimum atomic E-state index is -3.42. The largest absolute Gasteiger partial charge is 0.317 e. The molecule has 0 unspecified atom stereocenters. The van der Waals surface area contributed by atoms with E-state index < -0.39 is 10.0 Å². The number of aromatic nitrogens is 2. The Kier molecular flexibility index (Phi) is 3.50. The number of piperidine rings is 1. The van der Waals surface area contributed by atoms with E-state index in [1.807, 2.05) is 0 Å². The highest BCUT2D eigenvalue weighted by atomic mass is 32.2. The van der Waals surface area contributed by atoms with E-state index in [1.54, 1.807) is 0 Å². The number of H-pyrrole nitrogens is 1. The highest BCUT2D eigenvalue weighted by molar-refractivity contribution is 7.89. The summed E-state index contributed by atoms with van der Waals surface area (Å²) in [5, 5.41) is 9.42. The predicted octanol–water partition coefficient (Wildman–Crippen LogP) is 0.0777. The van der Waals surface area contributed by atoms with Crippen molar-refractivity contribution in [2.24, 2.45) is 5.41 Å². The Hall–Kier alpha value is -0.920. The molecule has 0 spiro atoms. The third-order valence-corrected chi connectivity index (χ3v) is 4.65. The Labute approximate surface area is 101 Å². The lowest BCUT2D eigenvalue weighted by Crippen LogP contribution is -2.42. The van der Waals surface area contributed by atoms with Gasteiger partial charge in [0.1, 0.15) is 4.90 Å². The molecule has 7 heteroatoms. The average Bonchev–Trinajstić information content (AvgIpc) is 2.82. The summed E-state index contributed by atoms with van der Waals surface area (Å²) >= 11 is 0. The molecule has 96 valence electrons. The van der Waals surface area contributed by atoms with Gasteiger partial charge in [0.05, 0.1) is 6.20 Å². The van der Waals surface area contributed by atoms with Gasteiger partial charge in [-0.25, -0.2) is 13.1 Å². The second-order valence-electron chi connectivity index (χ2n) is 4.82. The van der Waals surface area contributed by atoms with E-state index in [9.17, 15) is 8.42 Å². The third-order valence-electron chi connectivity index (χ3n) is 3.28. The molecule has 1 aliphatic rings. The SMILES string of the molecule is CC1(CNS(=O)(=O)c2cn[nH]c2)CCNCC1. The molecule has 0 amide bonds. The maximum absolute atomic E-state index is 11.9. The van der Waals surface area contributed by atoms with Gasteiger partial charge >= 0.3 is 0 Å². The van der Waals surface area contributed by atoms with Crippen LogP contribution in [0.25, 0.3) is 0 Å². The summed E-state index contributed by atoms with van der Waals surface area (Å²) in [4.78, 5) is 0.190. The topological polar surface area (TPSA) is 86.9 Å². The lowest BCUT2D eigenvalue weighted by atomic mass is 9.81. The Morgan fingerprint density at radius 2 is 2.18 bits per heavy atom. The first kappa shape index (κ1) is 12.5. The predicted molar refractivity (Wildman–Crippen MR) is 64.0 cm³/mol. The van der Waals surface area contributed by atoms with E-state index in [1.165, 1.54) is 12.4 Å². The summed E-state index contributed by atoms with van der Waals surface area (Å²) in [5.74, 6) is 0. The molecule has 1 aromatic rings. The van der Waals surface area contributed by atoms with Crippen molar-refractivity contribution in [3.05, 3.63) is 12.4 Å². The van der Waals surface area contributed by atoms with Crippen LogP contribution < -0.4 is 10.0 Å². The molecule has 3 N–H and O–H groups in total. The standard InChI is InChI=1S/C10H18N4O2S/c1-10(2-4-11-5-3-10)8-14-17(15,16)9-6-12-13-7-9/h6-7,11,14H,2-5,8H2,1H3,(H,12,13). The molecular weight excluding hydrogens is 240 g/mol. The van der Waals surface area contributed by atoms with E-state index in [0.717, 1.165) is 25.9 Å². The molecule has 6 nitrogen and oxygen atoms in total. The zero-order valence-electron chi connectivity index (χ0n) is 9.86. The molecule has 0 atom stereocenters. The van der Waals surface area contributed by atoms with Crippen molar-refractivity contribution in [2.75, 3.05) is 19.6 Å². The monoisotopic (exact) mass is 258 g/mol. The molecule has 2 heterocycles. The molecule has 1 aromatic heterocycles. The van der Waals surface area contributed by atoms with Crippen LogP contribution in [-0.4, -0.2) is 38.2 Å². The fraction of sp³-hybridized carbons (Fsp3) is 0.700. The first-order valence-electron chi connectivity index (χ1n) is 5.71. The summed E-state index contributed by atoms with van der Waals surface area (Å²) in [6, 6.07) is 0. The highest BCUT2D eigenvalue weighted by Gasteiger charge is 2.28. The van der Waals surface area contributed by atoms with Gasteiger partial charge in [0.15, 0.2) is 0 Å². The number of sulfonamides is 1. The number of aromatic amines is 1. The van der Waals surface area contributed by atoms with Gasteiger partial charge in [0.2, 0.25) is 10.0 Å². The van der Waals surface area contributed by atoms with Crippen molar-refractivity contribution in [1.82, 2.24) is 20.2 Å². The Morgan fingerprint density at radius 1 is 1.47 bits per heavy atom. The van der Waals surface area contributed by atoms with Crippen molar-refractivity contribution < 1.29 is 8.42 Å².